The summed E-state index contributed by atoms with van der Waals surface area (Å²) in [5.74, 6) is -1.41. The lowest BCUT2D eigenvalue weighted by molar-refractivity contribution is -0.337. The molecular weight excluding hydrogens is 564 g/mol. The zero-order valence-corrected chi connectivity index (χ0v) is 29.4. The molecule has 4 rings (SSSR count). The van der Waals surface area contributed by atoms with Crippen molar-refractivity contribution in [3.05, 3.63) is 0 Å². The quantitative estimate of drug-likeness (QED) is 0.236. The lowest BCUT2D eigenvalue weighted by atomic mass is 9.53. The summed E-state index contributed by atoms with van der Waals surface area (Å²) in [6.45, 7) is 24.1. The highest BCUT2D eigenvalue weighted by Crippen LogP contribution is 2.60. The predicted octanol–water partition coefficient (Wildman–Crippen LogP) is 6.02. The molecule has 4 aliphatic rings. The number of nitrogens with zero attached hydrogens (tertiary/aromatic N) is 2. The number of unbranched alkanes of at least 4 members (excludes halogenated alkanes) is 1. The SMILES string of the molecule is CCC1(C)CC2(OCN(COCCCCOCN3COC4(CC(C)(CC)C(O)C(C)(CC)C4C)O3)O2)C(C)C(C)(CC)C1O. The molecule has 0 amide bonds. The van der Waals surface area contributed by atoms with Crippen molar-refractivity contribution >= 4 is 0 Å². The van der Waals surface area contributed by atoms with Gasteiger partial charge in [-0.1, -0.05) is 69.2 Å². The van der Waals surface area contributed by atoms with Gasteiger partial charge in [-0.3, -0.25) is 9.68 Å². The third-order valence-electron chi connectivity index (χ3n) is 13.1. The Morgan fingerprint density at radius 3 is 1.32 bits per heavy atom. The van der Waals surface area contributed by atoms with Crippen molar-refractivity contribution in [1.82, 2.24) is 10.1 Å². The Labute approximate surface area is 266 Å². The Hall–Kier alpha value is -0.400. The fraction of sp³-hybridized carbons (Fsp3) is 1.00. The largest absolute Gasteiger partial charge is 0.392 e. The van der Waals surface area contributed by atoms with Crippen molar-refractivity contribution in [2.75, 3.05) is 40.1 Å². The molecule has 0 aromatic carbocycles. The molecule has 0 aromatic heterocycles. The van der Waals surface area contributed by atoms with Crippen LogP contribution in [0.15, 0.2) is 0 Å². The van der Waals surface area contributed by atoms with Crippen LogP contribution in [-0.2, 0) is 28.6 Å². The van der Waals surface area contributed by atoms with E-state index in [1.165, 1.54) is 0 Å². The van der Waals surface area contributed by atoms with E-state index in [0.29, 0.717) is 53.0 Å². The van der Waals surface area contributed by atoms with E-state index in [-0.39, 0.29) is 33.5 Å². The molecule has 2 saturated carbocycles. The molecule has 4 fully saturated rings. The van der Waals surface area contributed by atoms with Crippen molar-refractivity contribution in [3.63, 3.8) is 0 Å². The summed E-state index contributed by atoms with van der Waals surface area (Å²) >= 11 is 0. The predicted molar refractivity (Wildman–Crippen MR) is 167 cm³/mol. The third-order valence-corrected chi connectivity index (χ3v) is 13.1. The average molecular weight is 629 g/mol. The number of ether oxygens (including phenoxy) is 4. The van der Waals surface area contributed by atoms with Crippen molar-refractivity contribution in [2.24, 2.45) is 33.5 Å². The lowest BCUT2D eigenvalue weighted by Crippen LogP contribution is -2.63. The van der Waals surface area contributed by atoms with Crippen LogP contribution in [0.3, 0.4) is 0 Å². The second kappa shape index (κ2) is 13.6. The monoisotopic (exact) mass is 628 g/mol. The van der Waals surface area contributed by atoms with Gasteiger partial charge in [0.05, 0.1) is 12.2 Å². The molecule has 258 valence electrons. The van der Waals surface area contributed by atoms with Gasteiger partial charge in [-0.25, -0.2) is 0 Å². The summed E-state index contributed by atoms with van der Waals surface area (Å²) in [7, 11) is 0. The Balaban J connectivity index is 1.16. The minimum Gasteiger partial charge on any atom is -0.392 e. The van der Waals surface area contributed by atoms with E-state index in [4.69, 9.17) is 28.6 Å². The molecule has 2 heterocycles. The zero-order valence-electron chi connectivity index (χ0n) is 29.4. The van der Waals surface area contributed by atoms with Gasteiger partial charge in [-0.15, -0.1) is 10.1 Å². The summed E-state index contributed by atoms with van der Waals surface area (Å²) in [4.78, 5) is 12.9. The first-order chi connectivity index (χ1) is 20.6. The molecule has 10 unspecified atom stereocenters. The second-order valence-electron chi connectivity index (χ2n) is 15.4. The van der Waals surface area contributed by atoms with Crippen molar-refractivity contribution in [3.8, 4) is 0 Å². The molecule has 2 N–H and O–H groups in total. The molecule has 10 atom stereocenters. The molecule has 2 aliphatic carbocycles. The Morgan fingerprint density at radius 1 is 0.636 bits per heavy atom. The van der Waals surface area contributed by atoms with Crippen LogP contribution in [0.2, 0.25) is 0 Å². The standard InChI is InChI=1S/C34H64N2O8/c1-11-29(7)19-33(25(5)31(9,13-3)27(29)37)41-23-35(43-33)21-39-17-15-16-18-40-22-36-24-42-34(44-36)20-30(8,12-2)28(38)32(10,14-4)26(34)6/h25-28,37-38H,11-24H2,1-10H3. The number of hydrogen-bond acceptors (Lipinski definition) is 10. The molecule has 0 radical (unpaired) electrons. The highest BCUT2D eigenvalue weighted by Gasteiger charge is 2.65. The van der Waals surface area contributed by atoms with Crippen LogP contribution in [0.4, 0.5) is 0 Å². The van der Waals surface area contributed by atoms with Gasteiger partial charge in [0.2, 0.25) is 0 Å². The van der Waals surface area contributed by atoms with Crippen LogP contribution in [0.5, 0.6) is 0 Å². The number of rotatable bonds is 13. The summed E-state index contributed by atoms with van der Waals surface area (Å²) < 4.78 is 24.6. The van der Waals surface area contributed by atoms with Crippen LogP contribution >= 0.6 is 0 Å². The highest BCUT2D eigenvalue weighted by molar-refractivity contribution is 5.08. The number of hydroxylamine groups is 4. The maximum Gasteiger partial charge on any atom is 0.193 e. The molecule has 44 heavy (non-hydrogen) atoms. The maximum atomic E-state index is 11.3. The maximum absolute atomic E-state index is 11.3. The Kier molecular flexibility index (Phi) is 11.3. The van der Waals surface area contributed by atoms with E-state index in [0.717, 1.165) is 38.5 Å². The van der Waals surface area contributed by atoms with Gasteiger partial charge in [0.15, 0.2) is 11.6 Å². The van der Waals surface area contributed by atoms with Crippen molar-refractivity contribution in [2.45, 2.75) is 144 Å². The first kappa shape index (κ1) is 36.4. The van der Waals surface area contributed by atoms with Crippen LogP contribution in [-0.4, -0.2) is 84.3 Å². The second-order valence-corrected chi connectivity index (χ2v) is 15.4. The smallest absolute Gasteiger partial charge is 0.193 e. The molecule has 2 spiro atoms. The fourth-order valence-corrected chi connectivity index (χ4v) is 8.68. The van der Waals surface area contributed by atoms with Gasteiger partial charge < -0.3 is 29.2 Å². The third kappa shape index (κ3) is 6.27. The van der Waals surface area contributed by atoms with E-state index in [1.54, 1.807) is 10.1 Å². The average Bonchev–Trinajstić information content (AvgIpc) is 3.63. The number of aliphatic hydroxyl groups is 2. The summed E-state index contributed by atoms with van der Waals surface area (Å²) in [5, 5.41) is 26.1. The molecule has 0 bridgehead atoms. The minimum atomic E-state index is -0.745. The first-order valence-corrected chi connectivity index (χ1v) is 17.3. The van der Waals surface area contributed by atoms with Gasteiger partial charge in [0.25, 0.3) is 0 Å². The van der Waals surface area contributed by atoms with Gasteiger partial charge in [-0.05, 0) is 49.4 Å². The molecule has 2 saturated heterocycles. The molecule has 2 aliphatic heterocycles. The number of aliphatic hydroxyl groups excluding tert-OH is 2. The van der Waals surface area contributed by atoms with Gasteiger partial charge in [0, 0.05) is 48.7 Å². The van der Waals surface area contributed by atoms with Crippen LogP contribution in [0.1, 0.15) is 121 Å². The Morgan fingerprint density at radius 2 is 1.00 bits per heavy atom. The lowest BCUT2D eigenvalue weighted by Gasteiger charge is -2.58. The van der Waals surface area contributed by atoms with E-state index in [1.807, 2.05) is 0 Å². The molecule has 0 aromatic rings. The summed E-state index contributed by atoms with van der Waals surface area (Å²) in [6.07, 6.45) is 5.67. The van der Waals surface area contributed by atoms with E-state index < -0.39 is 23.8 Å². The van der Waals surface area contributed by atoms with E-state index in [2.05, 4.69) is 69.2 Å². The van der Waals surface area contributed by atoms with Crippen molar-refractivity contribution in [1.29, 1.82) is 0 Å². The van der Waals surface area contributed by atoms with Gasteiger partial charge in [0.1, 0.15) is 26.9 Å². The Bertz CT molecular complexity index is 886. The highest BCUT2D eigenvalue weighted by atomic mass is 16.9. The first-order valence-electron chi connectivity index (χ1n) is 17.3. The molecular formula is C34H64N2O8. The normalized spacial score (nSPS) is 46.9. The molecule has 10 heteroatoms. The van der Waals surface area contributed by atoms with E-state index >= 15 is 0 Å². The van der Waals surface area contributed by atoms with Gasteiger partial charge >= 0.3 is 0 Å². The van der Waals surface area contributed by atoms with Crippen LogP contribution in [0, 0.1) is 33.5 Å². The summed E-state index contributed by atoms with van der Waals surface area (Å²) in [6, 6.07) is 0. The van der Waals surface area contributed by atoms with Gasteiger partial charge in [-0.2, -0.15) is 0 Å². The zero-order chi connectivity index (χ0) is 32.6. The molecule has 10 nitrogen and oxygen atoms in total. The van der Waals surface area contributed by atoms with E-state index in [9.17, 15) is 10.2 Å². The topological polar surface area (TPSA) is 102 Å². The summed E-state index contributed by atoms with van der Waals surface area (Å²) in [5.41, 5.74) is -1.14. The van der Waals surface area contributed by atoms with Crippen molar-refractivity contribution < 1.29 is 38.8 Å². The van der Waals surface area contributed by atoms with Crippen LogP contribution < -0.4 is 0 Å². The fourth-order valence-electron chi connectivity index (χ4n) is 8.68. The number of hydrogen-bond donors (Lipinski definition) is 2. The van der Waals surface area contributed by atoms with Crippen LogP contribution in [0.25, 0.3) is 0 Å². The minimum absolute atomic E-state index is 0.0388.